The Morgan fingerprint density at radius 3 is 1.14 bits per heavy atom. The van der Waals surface area contributed by atoms with Crippen molar-refractivity contribution >= 4 is 24.0 Å². The molecule has 0 bridgehead atoms. The summed E-state index contributed by atoms with van der Waals surface area (Å²) in [5.74, 6) is -3.40. The van der Waals surface area contributed by atoms with Crippen LogP contribution in [-0.4, -0.2) is 45.9 Å². The number of ether oxygens (including phenoxy) is 4. The van der Waals surface area contributed by atoms with Crippen molar-refractivity contribution in [1.29, 1.82) is 0 Å². The summed E-state index contributed by atoms with van der Waals surface area (Å²) in [6, 6.07) is 41.2. The fraction of sp³-hybridized carbons (Fsp3) is 0.259. The highest BCUT2D eigenvalue weighted by Gasteiger charge is 2.46. The molecule has 16 heteroatoms. The molecule has 0 unspecified atom stereocenters. The summed E-state index contributed by atoms with van der Waals surface area (Å²) in [6.07, 6.45) is -12.2. The van der Waals surface area contributed by atoms with Crippen molar-refractivity contribution in [3.63, 3.8) is 0 Å². The lowest BCUT2D eigenvalue weighted by molar-refractivity contribution is -0.138. The molecule has 6 aromatic rings. The van der Waals surface area contributed by atoms with Gasteiger partial charge in [-0.2, -0.15) is 26.3 Å². The van der Waals surface area contributed by atoms with Crippen LogP contribution in [0.1, 0.15) is 96.2 Å². The van der Waals surface area contributed by atoms with Crippen LogP contribution in [0.3, 0.4) is 0 Å². The molecule has 2 heterocycles. The highest BCUT2D eigenvalue weighted by Crippen LogP contribution is 2.40. The predicted octanol–water partition coefficient (Wildman–Crippen LogP) is 13.0. The minimum absolute atomic E-state index is 0.0162. The van der Waals surface area contributed by atoms with E-state index < -0.39 is 83.6 Å². The first-order valence-corrected chi connectivity index (χ1v) is 22.2. The van der Waals surface area contributed by atoms with E-state index in [1.807, 2.05) is 24.3 Å². The van der Waals surface area contributed by atoms with Crippen LogP contribution < -0.4 is 9.47 Å². The maximum atomic E-state index is 13.6. The van der Waals surface area contributed by atoms with Crippen LogP contribution in [0.5, 0.6) is 11.5 Å². The lowest BCUT2D eigenvalue weighted by Crippen LogP contribution is -2.40. The summed E-state index contributed by atoms with van der Waals surface area (Å²) in [6.45, 7) is 6.42. The third-order valence-corrected chi connectivity index (χ3v) is 12.0. The highest BCUT2D eigenvalue weighted by atomic mass is 19.4. The van der Waals surface area contributed by atoms with E-state index in [4.69, 9.17) is 18.9 Å². The molecule has 10 nitrogen and oxygen atoms in total. The van der Waals surface area contributed by atoms with Crippen molar-refractivity contribution in [2.45, 2.75) is 89.4 Å². The predicted molar refractivity (Wildman–Crippen MR) is 245 cm³/mol. The Bertz CT molecular complexity index is 2590. The van der Waals surface area contributed by atoms with Gasteiger partial charge in [0.15, 0.2) is 0 Å². The van der Waals surface area contributed by atoms with Gasteiger partial charge in [0, 0.05) is 0 Å². The van der Waals surface area contributed by atoms with Crippen molar-refractivity contribution < 1.29 is 64.5 Å². The maximum Gasteiger partial charge on any atom is 0.417 e. The van der Waals surface area contributed by atoms with Gasteiger partial charge >= 0.3 is 24.5 Å². The molecule has 4 amide bonds. The van der Waals surface area contributed by atoms with Crippen LogP contribution in [0.25, 0.3) is 0 Å². The number of cyclic esters (lactones) is 2. The first-order chi connectivity index (χ1) is 33.3. The van der Waals surface area contributed by atoms with Crippen molar-refractivity contribution in [3.05, 3.63) is 202 Å². The summed E-state index contributed by atoms with van der Waals surface area (Å²) in [5.41, 5.74) is 1.35. The number of alkyl halides is 6. The lowest BCUT2D eigenvalue weighted by atomic mass is 9.95. The first kappa shape index (κ1) is 50.3. The van der Waals surface area contributed by atoms with E-state index in [9.17, 15) is 45.5 Å². The van der Waals surface area contributed by atoms with Crippen molar-refractivity contribution in [1.82, 2.24) is 9.80 Å². The van der Waals surface area contributed by atoms with Crippen LogP contribution in [0.4, 0.5) is 35.9 Å². The van der Waals surface area contributed by atoms with Crippen LogP contribution in [0, 0.1) is 0 Å². The highest BCUT2D eigenvalue weighted by molar-refractivity contribution is 5.98. The normalized spacial score (nSPS) is 18.8. The van der Waals surface area contributed by atoms with Gasteiger partial charge in [-0.15, -0.1) is 0 Å². The van der Waals surface area contributed by atoms with E-state index in [2.05, 4.69) is 0 Å². The molecule has 0 aliphatic carbocycles. The zero-order valence-corrected chi connectivity index (χ0v) is 38.3. The Labute approximate surface area is 400 Å². The van der Waals surface area contributed by atoms with Gasteiger partial charge in [-0.3, -0.25) is 9.59 Å². The number of rotatable bonds is 12. The number of carbonyl (C=O) groups is 4. The van der Waals surface area contributed by atoms with Gasteiger partial charge in [-0.1, -0.05) is 121 Å². The molecule has 6 aromatic carbocycles. The lowest BCUT2D eigenvalue weighted by Gasteiger charge is -2.23. The average Bonchev–Trinajstić information content (AvgIpc) is 3.83. The number of carbonyl (C=O) groups excluding carboxylic acids is 4. The van der Waals surface area contributed by atoms with Gasteiger partial charge in [0.2, 0.25) is 11.8 Å². The second-order valence-electron chi connectivity index (χ2n) is 16.9. The molecule has 6 atom stereocenters. The topological polar surface area (TPSA) is 112 Å². The van der Waals surface area contributed by atoms with Crippen LogP contribution >= 0.6 is 0 Å². The molecule has 0 aromatic heterocycles. The second kappa shape index (κ2) is 21.3. The summed E-state index contributed by atoms with van der Waals surface area (Å²) >= 11 is 0. The van der Waals surface area contributed by atoms with Gasteiger partial charge in [0.1, 0.15) is 36.9 Å². The maximum absolute atomic E-state index is 13.6. The van der Waals surface area contributed by atoms with Crippen molar-refractivity contribution in [2.75, 3.05) is 0 Å². The molecular weight excluding hydrogens is 919 g/mol. The third-order valence-electron chi connectivity index (χ3n) is 12.0. The van der Waals surface area contributed by atoms with Crippen LogP contribution in [0.15, 0.2) is 158 Å². The molecule has 2 aliphatic heterocycles. The average molecular weight is 967 g/mol. The number of amides is 4. The van der Waals surface area contributed by atoms with Gasteiger partial charge in [0.25, 0.3) is 0 Å². The van der Waals surface area contributed by atoms with E-state index in [1.165, 1.54) is 26.0 Å². The summed E-state index contributed by atoms with van der Waals surface area (Å²) < 4.78 is 104. The SMILES string of the molecule is C[C@@H]1[C@H](c2ccccc2)OC(=O)N1C(=O)[C@H](C)c1cc(OCc2ccccc2)cc(C(F)(F)F)c1.C[C@H](C(=O)N1C(=O)O[C@@H](c2ccccc2)[C@H]1C)c1cc(OCc2ccccc2)cc(C(F)(F)F)c1. The minimum Gasteiger partial charge on any atom is -0.489 e. The summed E-state index contributed by atoms with van der Waals surface area (Å²) in [5, 5.41) is 0. The molecule has 2 aliphatic rings. The Kier molecular flexibility index (Phi) is 15.3. The van der Waals surface area contributed by atoms with E-state index >= 15 is 0 Å². The number of hydrogen-bond donors (Lipinski definition) is 0. The fourth-order valence-electron chi connectivity index (χ4n) is 8.11. The summed E-state index contributed by atoms with van der Waals surface area (Å²) in [4.78, 5) is 53.7. The van der Waals surface area contributed by atoms with E-state index in [0.29, 0.717) is 0 Å². The van der Waals surface area contributed by atoms with E-state index in [0.717, 1.165) is 56.3 Å². The van der Waals surface area contributed by atoms with Crippen molar-refractivity contribution in [3.8, 4) is 11.5 Å². The Morgan fingerprint density at radius 1 is 0.514 bits per heavy atom. The fourth-order valence-corrected chi connectivity index (χ4v) is 8.11. The molecule has 8 rings (SSSR count). The monoisotopic (exact) mass is 966 g/mol. The largest absolute Gasteiger partial charge is 0.489 e. The Morgan fingerprint density at radius 2 is 0.829 bits per heavy atom. The number of imide groups is 2. The minimum atomic E-state index is -4.64. The Balaban J connectivity index is 0.000000206. The van der Waals surface area contributed by atoms with Gasteiger partial charge in [0.05, 0.1) is 35.0 Å². The molecule has 2 saturated heterocycles. The van der Waals surface area contributed by atoms with Gasteiger partial charge in [-0.25, -0.2) is 19.4 Å². The standard InChI is InChI=1S/2C27H24F3NO4/c2*1-17(25(32)31-18(2)24(35-26(31)33)20-11-7-4-8-12-20)21-13-22(27(28,29)30)15-23(14-21)34-16-19-9-5-3-6-10-19/h2*3-15,17-18,24H,16H2,1-2H3/t17-,18+,24+;17-,18-,24-/m01/s1. The molecule has 0 radical (unpaired) electrons. The number of benzene rings is 6. The molecule has 70 heavy (non-hydrogen) atoms. The van der Waals surface area contributed by atoms with Crippen LogP contribution in [-0.2, 0) is 44.6 Å². The molecule has 0 N–H and O–H groups in total. The molecule has 0 spiro atoms. The number of halogens is 6. The van der Waals surface area contributed by atoms with Crippen molar-refractivity contribution in [2.24, 2.45) is 0 Å². The number of hydrogen-bond acceptors (Lipinski definition) is 8. The first-order valence-electron chi connectivity index (χ1n) is 22.2. The molecule has 364 valence electrons. The van der Waals surface area contributed by atoms with Gasteiger partial charge in [-0.05, 0) is 97.5 Å². The Hall–Kier alpha value is -7.62. The van der Waals surface area contributed by atoms with Gasteiger partial charge < -0.3 is 18.9 Å². The molecular formula is C54H48F6N2O8. The summed E-state index contributed by atoms with van der Waals surface area (Å²) in [7, 11) is 0. The third kappa shape index (κ3) is 11.8. The smallest absolute Gasteiger partial charge is 0.417 e. The zero-order valence-electron chi connectivity index (χ0n) is 38.3. The molecule has 0 saturated carbocycles. The van der Waals surface area contributed by atoms with E-state index in [-0.39, 0.29) is 35.8 Å². The number of nitrogens with zero attached hydrogens (tertiary/aromatic N) is 2. The quantitative estimate of drug-likeness (QED) is 0.112. The zero-order chi connectivity index (χ0) is 50.3. The second-order valence-corrected chi connectivity index (χ2v) is 16.9. The molecule has 2 fully saturated rings. The van der Waals surface area contributed by atoms with E-state index in [1.54, 1.807) is 111 Å². The van der Waals surface area contributed by atoms with Crippen LogP contribution in [0.2, 0.25) is 0 Å².